The number of aromatic amines is 1. The third-order valence-electron chi connectivity index (χ3n) is 4.22. The molecule has 0 atom stereocenters. The summed E-state index contributed by atoms with van der Waals surface area (Å²) in [6, 6.07) is 11.6. The molecule has 0 bridgehead atoms. The average Bonchev–Trinajstić information content (AvgIpc) is 2.64. The molecule has 2 N–H and O–H groups in total. The van der Waals surface area contributed by atoms with E-state index >= 15 is 0 Å². The van der Waals surface area contributed by atoms with Crippen molar-refractivity contribution in [2.45, 2.75) is 13.8 Å². The van der Waals surface area contributed by atoms with Crippen molar-refractivity contribution in [3.05, 3.63) is 76.5 Å². The first-order valence-electron chi connectivity index (χ1n) is 8.25. The number of hydrogen-bond acceptors (Lipinski definition) is 5. The van der Waals surface area contributed by atoms with Crippen molar-refractivity contribution in [2.75, 3.05) is 5.32 Å². The van der Waals surface area contributed by atoms with Crippen LogP contribution >= 0.6 is 0 Å². The van der Waals surface area contributed by atoms with Gasteiger partial charge in [-0.1, -0.05) is 23.8 Å². The highest BCUT2D eigenvalue weighted by molar-refractivity contribution is 5.92. The lowest BCUT2D eigenvalue weighted by Crippen LogP contribution is -2.13. The Kier molecular flexibility index (Phi) is 3.93. The standard InChI is InChI=1S/C20H17N5O/c1-12-5-6-16(13(2)10-12)23-20-24-18-17(19(26)25-20)15(7-9-22-18)14-4-3-8-21-11-14/h3-11H,1-2H3,(H2,22,23,24,25,26). The highest BCUT2D eigenvalue weighted by atomic mass is 16.1. The van der Waals surface area contributed by atoms with Crippen LogP contribution in [0.1, 0.15) is 11.1 Å². The maximum Gasteiger partial charge on any atom is 0.262 e. The Hall–Kier alpha value is -3.54. The first-order valence-corrected chi connectivity index (χ1v) is 8.25. The lowest BCUT2D eigenvalue weighted by atomic mass is 10.1. The summed E-state index contributed by atoms with van der Waals surface area (Å²) in [6.07, 6.45) is 5.06. The highest BCUT2D eigenvalue weighted by Crippen LogP contribution is 2.24. The van der Waals surface area contributed by atoms with Gasteiger partial charge in [-0.05, 0) is 37.6 Å². The Morgan fingerprint density at radius 3 is 2.73 bits per heavy atom. The Labute approximate surface area is 150 Å². The van der Waals surface area contributed by atoms with Gasteiger partial charge in [-0.3, -0.25) is 14.8 Å². The van der Waals surface area contributed by atoms with Gasteiger partial charge in [0.1, 0.15) is 0 Å². The van der Waals surface area contributed by atoms with Crippen LogP contribution in [-0.4, -0.2) is 19.9 Å². The molecule has 1 aromatic carbocycles. The zero-order chi connectivity index (χ0) is 18.1. The molecule has 128 valence electrons. The zero-order valence-corrected chi connectivity index (χ0v) is 14.4. The summed E-state index contributed by atoms with van der Waals surface area (Å²) >= 11 is 0. The number of nitrogens with one attached hydrogen (secondary N) is 2. The van der Waals surface area contributed by atoms with Crippen LogP contribution < -0.4 is 10.9 Å². The van der Waals surface area contributed by atoms with Crippen molar-refractivity contribution in [3.8, 4) is 11.1 Å². The van der Waals surface area contributed by atoms with Crippen molar-refractivity contribution in [1.82, 2.24) is 19.9 Å². The smallest absolute Gasteiger partial charge is 0.262 e. The van der Waals surface area contributed by atoms with Crippen LogP contribution in [0.2, 0.25) is 0 Å². The number of nitrogens with zero attached hydrogens (tertiary/aromatic N) is 3. The number of H-pyrrole nitrogens is 1. The molecule has 3 heterocycles. The molecule has 0 aliphatic heterocycles. The van der Waals surface area contributed by atoms with E-state index in [2.05, 4.69) is 31.3 Å². The second kappa shape index (κ2) is 6.40. The minimum Gasteiger partial charge on any atom is -0.325 e. The molecule has 0 aliphatic rings. The van der Waals surface area contributed by atoms with E-state index in [9.17, 15) is 4.79 Å². The van der Waals surface area contributed by atoms with Crippen LogP contribution in [0.4, 0.5) is 11.6 Å². The van der Waals surface area contributed by atoms with E-state index in [0.717, 1.165) is 22.4 Å². The number of aryl methyl sites for hydroxylation is 2. The number of rotatable bonds is 3. The lowest BCUT2D eigenvalue weighted by molar-refractivity contribution is 1.14. The van der Waals surface area contributed by atoms with Crippen molar-refractivity contribution < 1.29 is 0 Å². The summed E-state index contributed by atoms with van der Waals surface area (Å²) in [5.74, 6) is 0.366. The number of pyridine rings is 2. The summed E-state index contributed by atoms with van der Waals surface area (Å²) in [5.41, 5.74) is 4.90. The monoisotopic (exact) mass is 343 g/mol. The SMILES string of the molecule is Cc1ccc(Nc2nc3nccc(-c4cccnc4)c3c(=O)[nH]2)c(C)c1. The number of hydrogen-bond donors (Lipinski definition) is 2. The summed E-state index contributed by atoms with van der Waals surface area (Å²) in [7, 11) is 0. The third-order valence-corrected chi connectivity index (χ3v) is 4.22. The van der Waals surface area contributed by atoms with E-state index < -0.39 is 0 Å². The molecule has 4 aromatic rings. The fraction of sp³-hybridized carbons (Fsp3) is 0.100. The van der Waals surface area contributed by atoms with Gasteiger partial charge in [0.2, 0.25) is 5.95 Å². The van der Waals surface area contributed by atoms with E-state index in [0.29, 0.717) is 17.0 Å². The molecule has 0 saturated heterocycles. The van der Waals surface area contributed by atoms with E-state index in [1.54, 1.807) is 24.7 Å². The van der Waals surface area contributed by atoms with Gasteiger partial charge in [-0.15, -0.1) is 0 Å². The Morgan fingerprint density at radius 1 is 1.08 bits per heavy atom. The molecule has 0 unspecified atom stereocenters. The van der Waals surface area contributed by atoms with E-state index in [1.807, 2.05) is 38.1 Å². The maximum absolute atomic E-state index is 12.7. The third kappa shape index (κ3) is 2.93. The molecule has 6 nitrogen and oxygen atoms in total. The van der Waals surface area contributed by atoms with E-state index in [-0.39, 0.29) is 5.56 Å². The van der Waals surface area contributed by atoms with Crippen LogP contribution in [0.15, 0.2) is 59.8 Å². The summed E-state index contributed by atoms with van der Waals surface area (Å²) < 4.78 is 0. The Bertz CT molecular complexity index is 1150. The molecule has 3 aromatic heterocycles. The van der Waals surface area contributed by atoms with Crippen molar-refractivity contribution in [3.63, 3.8) is 0 Å². The molecular formula is C20H17N5O. The van der Waals surface area contributed by atoms with Gasteiger partial charge in [0.05, 0.1) is 5.39 Å². The summed E-state index contributed by atoms with van der Waals surface area (Å²) in [6.45, 7) is 4.05. The number of anilines is 2. The molecule has 0 aliphatic carbocycles. The van der Waals surface area contributed by atoms with Crippen molar-refractivity contribution >= 4 is 22.7 Å². The fourth-order valence-electron chi connectivity index (χ4n) is 2.97. The average molecular weight is 343 g/mol. The first-order chi connectivity index (χ1) is 12.6. The molecular weight excluding hydrogens is 326 g/mol. The Balaban J connectivity index is 1.82. The molecule has 0 amide bonds. The number of aromatic nitrogens is 4. The largest absolute Gasteiger partial charge is 0.325 e. The van der Waals surface area contributed by atoms with Gasteiger partial charge in [-0.2, -0.15) is 4.98 Å². The van der Waals surface area contributed by atoms with Crippen molar-refractivity contribution in [2.24, 2.45) is 0 Å². The quantitative estimate of drug-likeness (QED) is 0.592. The van der Waals surface area contributed by atoms with Crippen LogP contribution in [0, 0.1) is 13.8 Å². The van der Waals surface area contributed by atoms with Crippen LogP contribution in [0.25, 0.3) is 22.2 Å². The van der Waals surface area contributed by atoms with Crippen molar-refractivity contribution in [1.29, 1.82) is 0 Å². The maximum atomic E-state index is 12.7. The molecule has 6 heteroatoms. The van der Waals surface area contributed by atoms with Gasteiger partial charge < -0.3 is 5.32 Å². The van der Waals surface area contributed by atoms with E-state index in [1.165, 1.54) is 5.56 Å². The van der Waals surface area contributed by atoms with Gasteiger partial charge in [-0.25, -0.2) is 4.98 Å². The molecule has 0 spiro atoms. The fourth-order valence-corrected chi connectivity index (χ4v) is 2.97. The molecule has 0 saturated carbocycles. The van der Waals surface area contributed by atoms with Gasteiger partial charge in [0.25, 0.3) is 5.56 Å². The number of benzene rings is 1. The lowest BCUT2D eigenvalue weighted by Gasteiger charge is -2.10. The molecule has 0 radical (unpaired) electrons. The first kappa shape index (κ1) is 16.0. The summed E-state index contributed by atoms with van der Waals surface area (Å²) in [5, 5.41) is 3.62. The zero-order valence-electron chi connectivity index (χ0n) is 14.4. The van der Waals surface area contributed by atoms with Gasteiger partial charge in [0.15, 0.2) is 5.65 Å². The molecule has 0 fully saturated rings. The van der Waals surface area contributed by atoms with Gasteiger partial charge >= 0.3 is 0 Å². The van der Waals surface area contributed by atoms with Gasteiger partial charge in [0, 0.05) is 35.4 Å². The molecule has 26 heavy (non-hydrogen) atoms. The molecule has 4 rings (SSSR count). The van der Waals surface area contributed by atoms with Crippen LogP contribution in [-0.2, 0) is 0 Å². The minimum absolute atomic E-state index is 0.241. The number of fused-ring (bicyclic) bond motifs is 1. The predicted octanol–water partition coefficient (Wildman–Crippen LogP) is 3.74. The van der Waals surface area contributed by atoms with Crippen LogP contribution in [0.3, 0.4) is 0 Å². The summed E-state index contributed by atoms with van der Waals surface area (Å²) in [4.78, 5) is 28.4. The van der Waals surface area contributed by atoms with Crippen LogP contribution in [0.5, 0.6) is 0 Å². The minimum atomic E-state index is -0.241. The normalized spacial score (nSPS) is 10.8. The Morgan fingerprint density at radius 2 is 1.96 bits per heavy atom. The topological polar surface area (TPSA) is 83.6 Å². The second-order valence-electron chi connectivity index (χ2n) is 6.16. The second-order valence-corrected chi connectivity index (χ2v) is 6.16. The van der Waals surface area contributed by atoms with E-state index in [4.69, 9.17) is 0 Å². The predicted molar refractivity (Wildman–Crippen MR) is 103 cm³/mol. The highest BCUT2D eigenvalue weighted by Gasteiger charge is 2.12.